The number of nitrogen functional groups attached to an aromatic ring is 1. The van der Waals surface area contributed by atoms with Gasteiger partial charge in [0.05, 0.1) is 6.42 Å². The number of rotatable bonds is 5. The molecule has 1 amide bonds. The normalized spacial score (nSPS) is 11.2. The summed E-state index contributed by atoms with van der Waals surface area (Å²) in [6.45, 7) is 6.22. The fraction of sp³-hybridized carbons (Fsp3) is 0.500. The van der Waals surface area contributed by atoms with Crippen molar-refractivity contribution in [2.24, 2.45) is 0 Å². The minimum atomic E-state index is -0.133. The summed E-state index contributed by atoms with van der Waals surface area (Å²) in [4.78, 5) is 11.9. The lowest BCUT2D eigenvalue weighted by Crippen LogP contribution is -2.43. The average Bonchev–Trinajstić information content (AvgIpc) is 2.15. The number of anilines is 1. The van der Waals surface area contributed by atoms with Gasteiger partial charge in [0.1, 0.15) is 0 Å². The SMILES string of the molecule is CCCC(C)(C)NC(=O)Cc1cccc(N)c1. The van der Waals surface area contributed by atoms with Gasteiger partial charge in [0.15, 0.2) is 0 Å². The van der Waals surface area contributed by atoms with Gasteiger partial charge in [-0.1, -0.05) is 25.5 Å². The van der Waals surface area contributed by atoms with Gasteiger partial charge < -0.3 is 11.1 Å². The molecule has 3 N–H and O–H groups in total. The van der Waals surface area contributed by atoms with Crippen molar-refractivity contribution in [1.29, 1.82) is 0 Å². The van der Waals surface area contributed by atoms with Gasteiger partial charge in [-0.2, -0.15) is 0 Å². The van der Waals surface area contributed by atoms with E-state index in [0.29, 0.717) is 12.1 Å². The van der Waals surface area contributed by atoms with E-state index >= 15 is 0 Å². The van der Waals surface area contributed by atoms with Crippen LogP contribution in [0.2, 0.25) is 0 Å². The summed E-state index contributed by atoms with van der Waals surface area (Å²) < 4.78 is 0. The van der Waals surface area contributed by atoms with Crippen LogP contribution in [-0.4, -0.2) is 11.4 Å². The van der Waals surface area contributed by atoms with Crippen LogP contribution in [-0.2, 0) is 11.2 Å². The Kier molecular flexibility index (Phi) is 4.55. The maximum atomic E-state index is 11.9. The molecule has 0 aliphatic carbocycles. The van der Waals surface area contributed by atoms with Crippen molar-refractivity contribution in [3.63, 3.8) is 0 Å². The van der Waals surface area contributed by atoms with Crippen LogP contribution in [0.1, 0.15) is 39.2 Å². The van der Waals surface area contributed by atoms with E-state index in [2.05, 4.69) is 12.2 Å². The second kappa shape index (κ2) is 5.71. The molecular formula is C14H22N2O. The largest absolute Gasteiger partial charge is 0.399 e. The summed E-state index contributed by atoms with van der Waals surface area (Å²) in [5.41, 5.74) is 7.20. The molecule has 0 bridgehead atoms. The van der Waals surface area contributed by atoms with Crippen molar-refractivity contribution in [3.05, 3.63) is 29.8 Å². The highest BCUT2D eigenvalue weighted by Gasteiger charge is 2.18. The van der Waals surface area contributed by atoms with Crippen LogP contribution in [0.25, 0.3) is 0 Å². The molecule has 0 aliphatic rings. The Morgan fingerprint density at radius 1 is 1.41 bits per heavy atom. The number of carbonyl (C=O) groups is 1. The van der Waals surface area contributed by atoms with E-state index in [0.717, 1.165) is 18.4 Å². The molecule has 0 radical (unpaired) electrons. The van der Waals surface area contributed by atoms with Crippen molar-refractivity contribution in [3.8, 4) is 0 Å². The van der Waals surface area contributed by atoms with Crippen molar-refractivity contribution < 1.29 is 4.79 Å². The van der Waals surface area contributed by atoms with Gasteiger partial charge in [0.25, 0.3) is 0 Å². The third-order valence-electron chi connectivity index (χ3n) is 2.67. The third kappa shape index (κ3) is 4.89. The molecule has 94 valence electrons. The molecule has 1 rings (SSSR count). The Morgan fingerprint density at radius 3 is 2.71 bits per heavy atom. The van der Waals surface area contributed by atoms with Crippen LogP contribution in [0.5, 0.6) is 0 Å². The molecular weight excluding hydrogens is 212 g/mol. The van der Waals surface area contributed by atoms with E-state index in [1.165, 1.54) is 0 Å². The number of amides is 1. The Hall–Kier alpha value is -1.51. The second-order valence-corrected chi connectivity index (χ2v) is 5.10. The summed E-state index contributed by atoms with van der Waals surface area (Å²) in [5, 5.41) is 3.05. The van der Waals surface area contributed by atoms with Crippen LogP contribution in [0.4, 0.5) is 5.69 Å². The Bertz CT molecular complexity index is 386. The lowest BCUT2D eigenvalue weighted by molar-refractivity contribution is -0.122. The molecule has 0 aromatic heterocycles. The number of hydrogen-bond donors (Lipinski definition) is 2. The van der Waals surface area contributed by atoms with E-state index in [9.17, 15) is 4.79 Å². The van der Waals surface area contributed by atoms with Crippen LogP contribution in [0.15, 0.2) is 24.3 Å². The standard InChI is InChI=1S/C14H22N2O/c1-4-8-14(2,3)16-13(17)10-11-6-5-7-12(15)9-11/h5-7,9H,4,8,10,15H2,1-3H3,(H,16,17). The van der Waals surface area contributed by atoms with Crippen LogP contribution < -0.4 is 11.1 Å². The first-order valence-corrected chi connectivity index (χ1v) is 6.08. The van der Waals surface area contributed by atoms with Gasteiger partial charge >= 0.3 is 0 Å². The first-order valence-electron chi connectivity index (χ1n) is 6.08. The van der Waals surface area contributed by atoms with Gasteiger partial charge in [0, 0.05) is 11.2 Å². The maximum Gasteiger partial charge on any atom is 0.224 e. The summed E-state index contributed by atoms with van der Waals surface area (Å²) in [5.74, 6) is 0.0500. The Morgan fingerprint density at radius 2 is 2.12 bits per heavy atom. The number of carbonyl (C=O) groups excluding carboxylic acids is 1. The average molecular weight is 234 g/mol. The molecule has 0 spiro atoms. The molecule has 0 aliphatic heterocycles. The molecule has 17 heavy (non-hydrogen) atoms. The zero-order chi connectivity index (χ0) is 12.9. The topological polar surface area (TPSA) is 55.1 Å². The number of nitrogens with one attached hydrogen (secondary N) is 1. The van der Waals surface area contributed by atoms with Gasteiger partial charge in [-0.25, -0.2) is 0 Å². The molecule has 0 fully saturated rings. The number of nitrogens with two attached hydrogens (primary N) is 1. The quantitative estimate of drug-likeness (QED) is 0.769. The zero-order valence-electron chi connectivity index (χ0n) is 10.9. The van der Waals surface area contributed by atoms with Crippen LogP contribution in [0, 0.1) is 0 Å². The first kappa shape index (κ1) is 13.6. The number of benzene rings is 1. The smallest absolute Gasteiger partial charge is 0.224 e. The van der Waals surface area contributed by atoms with Crippen molar-refractivity contribution in [1.82, 2.24) is 5.32 Å². The molecule has 0 unspecified atom stereocenters. The van der Waals surface area contributed by atoms with E-state index in [1.54, 1.807) is 0 Å². The monoisotopic (exact) mass is 234 g/mol. The predicted octanol–water partition coefficient (Wildman–Crippen LogP) is 2.51. The molecule has 0 saturated carbocycles. The molecule has 1 aromatic rings. The lowest BCUT2D eigenvalue weighted by atomic mass is 9.98. The van der Waals surface area contributed by atoms with Gasteiger partial charge in [-0.05, 0) is 38.0 Å². The van der Waals surface area contributed by atoms with E-state index in [4.69, 9.17) is 5.73 Å². The van der Waals surface area contributed by atoms with Crippen molar-refractivity contribution in [2.75, 3.05) is 5.73 Å². The van der Waals surface area contributed by atoms with Crippen LogP contribution in [0.3, 0.4) is 0 Å². The van der Waals surface area contributed by atoms with Crippen molar-refractivity contribution in [2.45, 2.75) is 45.6 Å². The second-order valence-electron chi connectivity index (χ2n) is 5.10. The molecule has 3 nitrogen and oxygen atoms in total. The lowest BCUT2D eigenvalue weighted by Gasteiger charge is -2.25. The zero-order valence-corrected chi connectivity index (χ0v) is 10.9. The van der Waals surface area contributed by atoms with Crippen molar-refractivity contribution >= 4 is 11.6 Å². The molecule has 0 heterocycles. The summed E-state index contributed by atoms with van der Waals surface area (Å²) >= 11 is 0. The highest BCUT2D eigenvalue weighted by Crippen LogP contribution is 2.12. The fourth-order valence-electron chi connectivity index (χ4n) is 2.00. The van der Waals surface area contributed by atoms with Gasteiger partial charge in [0.2, 0.25) is 5.91 Å². The fourth-order valence-corrected chi connectivity index (χ4v) is 2.00. The molecule has 0 atom stereocenters. The van der Waals surface area contributed by atoms with Gasteiger partial charge in [-0.15, -0.1) is 0 Å². The van der Waals surface area contributed by atoms with Crippen LogP contribution >= 0.6 is 0 Å². The minimum Gasteiger partial charge on any atom is -0.399 e. The maximum absolute atomic E-state index is 11.9. The summed E-state index contributed by atoms with van der Waals surface area (Å²) in [6, 6.07) is 7.45. The van der Waals surface area contributed by atoms with E-state index < -0.39 is 0 Å². The molecule has 0 saturated heterocycles. The Labute approximate surface area is 103 Å². The predicted molar refractivity (Wildman–Crippen MR) is 71.7 cm³/mol. The minimum absolute atomic E-state index is 0.0500. The highest BCUT2D eigenvalue weighted by molar-refractivity contribution is 5.79. The van der Waals surface area contributed by atoms with E-state index in [-0.39, 0.29) is 11.4 Å². The first-order chi connectivity index (χ1) is 7.93. The molecule has 1 aromatic carbocycles. The Balaban J connectivity index is 2.55. The van der Waals surface area contributed by atoms with Gasteiger partial charge in [-0.3, -0.25) is 4.79 Å². The summed E-state index contributed by atoms with van der Waals surface area (Å²) in [7, 11) is 0. The third-order valence-corrected chi connectivity index (χ3v) is 2.67. The molecule has 3 heteroatoms. The number of hydrogen-bond acceptors (Lipinski definition) is 2. The summed E-state index contributed by atoms with van der Waals surface area (Å²) in [6.07, 6.45) is 2.43. The highest BCUT2D eigenvalue weighted by atomic mass is 16.1. The van der Waals surface area contributed by atoms with E-state index in [1.807, 2.05) is 38.1 Å².